The van der Waals surface area contributed by atoms with Gasteiger partial charge in [-0.05, 0) is 43.2 Å². The standard InChI is InChI=1S/C25H24N4O3S3/c1-27-24(30)22(34-25(27)33)16-19-17-29(20-10-4-2-5-11-20)26-23(19)18-9-8-12-21(15-18)35(31,32)28-13-6-3-7-14-28/h2,4-5,8-12,15-17H,3,6-7,13-14H2,1H3. The zero-order chi connectivity index (χ0) is 24.6. The molecule has 0 radical (unpaired) electrons. The fraction of sp³-hybridized carbons (Fsp3) is 0.240. The smallest absolute Gasteiger partial charge is 0.265 e. The predicted molar refractivity (Wildman–Crippen MR) is 143 cm³/mol. The van der Waals surface area contributed by atoms with E-state index in [-0.39, 0.29) is 10.8 Å². The lowest BCUT2D eigenvalue weighted by atomic mass is 10.1. The first-order valence-electron chi connectivity index (χ1n) is 11.3. The molecule has 10 heteroatoms. The summed E-state index contributed by atoms with van der Waals surface area (Å²) in [6.07, 6.45) is 6.42. The molecular formula is C25H24N4O3S3. The molecule has 1 aromatic heterocycles. The van der Waals surface area contributed by atoms with Crippen LogP contribution in [0.1, 0.15) is 24.8 Å². The summed E-state index contributed by atoms with van der Waals surface area (Å²) >= 11 is 6.52. The van der Waals surface area contributed by atoms with E-state index in [1.54, 1.807) is 40.3 Å². The highest BCUT2D eigenvalue weighted by molar-refractivity contribution is 8.26. The molecule has 5 rings (SSSR count). The van der Waals surface area contributed by atoms with Crippen molar-refractivity contribution in [3.63, 3.8) is 0 Å². The maximum atomic E-state index is 13.3. The summed E-state index contributed by atoms with van der Waals surface area (Å²) < 4.78 is 30.4. The minimum Gasteiger partial charge on any atom is -0.296 e. The number of likely N-dealkylation sites (N-methyl/N-ethyl adjacent to an activating group) is 1. The van der Waals surface area contributed by atoms with E-state index >= 15 is 0 Å². The molecule has 0 unspecified atom stereocenters. The number of amides is 1. The van der Waals surface area contributed by atoms with Gasteiger partial charge in [0, 0.05) is 37.5 Å². The fourth-order valence-corrected chi connectivity index (χ4v) is 6.91. The number of aromatic nitrogens is 2. The van der Waals surface area contributed by atoms with Crippen molar-refractivity contribution in [2.45, 2.75) is 24.2 Å². The maximum Gasteiger partial charge on any atom is 0.265 e. The average molecular weight is 525 g/mol. The molecule has 2 saturated heterocycles. The molecule has 1 amide bonds. The zero-order valence-corrected chi connectivity index (χ0v) is 21.6. The highest BCUT2D eigenvalue weighted by Crippen LogP contribution is 2.34. The van der Waals surface area contributed by atoms with Gasteiger partial charge in [0.15, 0.2) is 0 Å². The first kappa shape index (κ1) is 23.9. The van der Waals surface area contributed by atoms with Crippen LogP contribution in [-0.2, 0) is 14.8 Å². The van der Waals surface area contributed by atoms with Gasteiger partial charge in [-0.2, -0.15) is 9.40 Å². The van der Waals surface area contributed by atoms with Crippen LogP contribution in [0, 0.1) is 0 Å². The van der Waals surface area contributed by atoms with Gasteiger partial charge in [-0.3, -0.25) is 9.69 Å². The Morgan fingerprint density at radius 3 is 2.46 bits per heavy atom. The first-order valence-corrected chi connectivity index (χ1v) is 14.0. The second-order valence-electron chi connectivity index (χ2n) is 8.45. The van der Waals surface area contributed by atoms with E-state index in [0.29, 0.717) is 39.1 Å². The van der Waals surface area contributed by atoms with Crippen LogP contribution in [0.25, 0.3) is 23.0 Å². The molecule has 2 aliphatic heterocycles. The van der Waals surface area contributed by atoms with Crippen LogP contribution >= 0.6 is 24.0 Å². The number of hydrogen-bond acceptors (Lipinski definition) is 6. The van der Waals surface area contributed by atoms with Crippen LogP contribution in [-0.4, -0.2) is 57.8 Å². The van der Waals surface area contributed by atoms with Crippen LogP contribution < -0.4 is 0 Å². The molecule has 2 fully saturated rings. The number of rotatable bonds is 5. The summed E-state index contributed by atoms with van der Waals surface area (Å²) in [4.78, 5) is 14.8. The van der Waals surface area contributed by atoms with Crippen molar-refractivity contribution in [2.24, 2.45) is 0 Å². The Bertz CT molecular complexity index is 1430. The number of nitrogens with zero attached hydrogens (tertiary/aromatic N) is 4. The summed E-state index contributed by atoms with van der Waals surface area (Å²) in [5.41, 5.74) is 2.81. The molecule has 0 spiro atoms. The molecule has 0 N–H and O–H groups in total. The number of sulfonamides is 1. The Morgan fingerprint density at radius 1 is 1.03 bits per heavy atom. The van der Waals surface area contributed by atoms with Gasteiger partial charge in [0.2, 0.25) is 10.0 Å². The lowest BCUT2D eigenvalue weighted by molar-refractivity contribution is -0.121. The molecule has 2 aromatic carbocycles. The molecule has 0 atom stereocenters. The Balaban J connectivity index is 1.60. The highest BCUT2D eigenvalue weighted by Gasteiger charge is 2.30. The van der Waals surface area contributed by atoms with E-state index in [2.05, 4.69) is 0 Å². The average Bonchev–Trinajstić information content (AvgIpc) is 3.42. The number of thiocarbonyl (C=S) groups is 1. The minimum atomic E-state index is -3.60. The molecule has 3 heterocycles. The van der Waals surface area contributed by atoms with E-state index in [1.807, 2.05) is 42.6 Å². The second-order valence-corrected chi connectivity index (χ2v) is 12.1. The van der Waals surface area contributed by atoms with Crippen molar-refractivity contribution in [3.8, 4) is 16.9 Å². The Kier molecular flexibility index (Phi) is 6.63. The fourth-order valence-electron chi connectivity index (χ4n) is 4.18. The molecule has 3 aromatic rings. The van der Waals surface area contributed by atoms with E-state index in [4.69, 9.17) is 17.3 Å². The van der Waals surface area contributed by atoms with Gasteiger partial charge in [-0.25, -0.2) is 13.1 Å². The van der Waals surface area contributed by atoms with E-state index in [9.17, 15) is 13.2 Å². The third-order valence-electron chi connectivity index (χ3n) is 6.10. The predicted octanol–water partition coefficient (Wildman–Crippen LogP) is 4.54. The van der Waals surface area contributed by atoms with Crippen LogP contribution in [0.15, 0.2) is 70.6 Å². The van der Waals surface area contributed by atoms with Crippen LogP contribution in [0.2, 0.25) is 0 Å². The number of benzene rings is 2. The van der Waals surface area contributed by atoms with Gasteiger partial charge >= 0.3 is 0 Å². The third-order valence-corrected chi connectivity index (χ3v) is 9.48. The van der Waals surface area contributed by atoms with E-state index < -0.39 is 10.0 Å². The normalized spacial score (nSPS) is 18.5. The van der Waals surface area contributed by atoms with E-state index in [1.165, 1.54) is 16.7 Å². The molecule has 0 aliphatic carbocycles. The lowest BCUT2D eigenvalue weighted by Gasteiger charge is -2.26. The topological polar surface area (TPSA) is 75.5 Å². The van der Waals surface area contributed by atoms with Crippen molar-refractivity contribution in [2.75, 3.05) is 20.1 Å². The maximum absolute atomic E-state index is 13.3. The molecule has 7 nitrogen and oxygen atoms in total. The molecule has 35 heavy (non-hydrogen) atoms. The van der Waals surface area contributed by atoms with Gasteiger partial charge in [-0.1, -0.05) is 60.7 Å². The molecule has 2 aliphatic rings. The summed E-state index contributed by atoms with van der Waals surface area (Å²) in [5.74, 6) is -0.167. The minimum absolute atomic E-state index is 0.167. The van der Waals surface area contributed by atoms with Crippen molar-refractivity contribution in [1.29, 1.82) is 0 Å². The first-order chi connectivity index (χ1) is 16.8. The van der Waals surface area contributed by atoms with Gasteiger partial charge < -0.3 is 0 Å². The SMILES string of the molecule is CN1C(=O)C(=Cc2cn(-c3ccccc3)nc2-c2cccc(S(=O)(=O)N3CCCCC3)c2)SC1=S. The van der Waals surface area contributed by atoms with Gasteiger partial charge in [0.1, 0.15) is 10.0 Å². The Hall–Kier alpha value is -2.79. The summed E-state index contributed by atoms with van der Waals surface area (Å²) in [7, 11) is -1.94. The second kappa shape index (κ2) is 9.69. The van der Waals surface area contributed by atoms with Gasteiger partial charge in [-0.15, -0.1) is 0 Å². The lowest BCUT2D eigenvalue weighted by Crippen LogP contribution is -2.35. The van der Waals surface area contributed by atoms with Crippen LogP contribution in [0.3, 0.4) is 0 Å². The molecule has 0 bridgehead atoms. The molecular weight excluding hydrogens is 501 g/mol. The monoisotopic (exact) mass is 524 g/mol. The number of carbonyl (C=O) groups excluding carboxylic acids is 1. The van der Waals surface area contributed by atoms with Gasteiger partial charge in [0.25, 0.3) is 5.91 Å². The van der Waals surface area contributed by atoms with Gasteiger partial charge in [0.05, 0.1) is 15.5 Å². The summed E-state index contributed by atoms with van der Waals surface area (Å²) in [6, 6.07) is 16.5. The quantitative estimate of drug-likeness (QED) is 0.360. The summed E-state index contributed by atoms with van der Waals surface area (Å²) in [5, 5.41) is 4.79. The number of para-hydroxylation sites is 1. The largest absolute Gasteiger partial charge is 0.296 e. The van der Waals surface area contributed by atoms with Crippen LogP contribution in [0.5, 0.6) is 0 Å². The Labute approximate surface area is 214 Å². The number of thioether (sulfide) groups is 1. The Morgan fingerprint density at radius 2 is 1.77 bits per heavy atom. The van der Waals surface area contributed by atoms with Crippen molar-refractivity contribution in [3.05, 3.63) is 71.3 Å². The van der Waals surface area contributed by atoms with E-state index in [0.717, 1.165) is 24.9 Å². The van der Waals surface area contributed by atoms with Crippen molar-refractivity contribution < 1.29 is 13.2 Å². The third kappa shape index (κ3) is 4.71. The summed E-state index contributed by atoms with van der Waals surface area (Å²) in [6.45, 7) is 1.08. The molecule has 0 saturated carbocycles. The number of piperidine rings is 1. The number of carbonyl (C=O) groups is 1. The van der Waals surface area contributed by atoms with Crippen LogP contribution in [0.4, 0.5) is 0 Å². The highest BCUT2D eigenvalue weighted by atomic mass is 32.2. The zero-order valence-electron chi connectivity index (χ0n) is 19.1. The van der Waals surface area contributed by atoms with Crippen molar-refractivity contribution in [1.82, 2.24) is 19.0 Å². The van der Waals surface area contributed by atoms with Crippen molar-refractivity contribution >= 4 is 50.3 Å². The molecule has 180 valence electrons. The number of hydrogen-bond donors (Lipinski definition) is 0.